The molecule has 3 aromatic rings. The Bertz CT molecular complexity index is 800. The minimum absolute atomic E-state index is 0.0103. The van der Waals surface area contributed by atoms with Crippen LogP contribution in [0.4, 0.5) is 5.69 Å². The highest BCUT2D eigenvalue weighted by Gasteiger charge is 2.22. The van der Waals surface area contributed by atoms with Gasteiger partial charge in [-0.3, -0.25) is 9.78 Å². The van der Waals surface area contributed by atoms with Crippen molar-refractivity contribution < 1.29 is 4.79 Å². The fourth-order valence-corrected chi connectivity index (χ4v) is 3.39. The minimum atomic E-state index is -0.0103. The Morgan fingerprint density at radius 1 is 1.17 bits per heavy atom. The molecular formula is C18H17N3OS. The van der Waals surface area contributed by atoms with Crippen LogP contribution in [-0.4, -0.2) is 22.4 Å². The smallest absolute Gasteiger partial charge is 0.270 e. The fourth-order valence-electron chi connectivity index (χ4n) is 2.38. The number of aromatic nitrogens is 2. The quantitative estimate of drug-likeness (QED) is 0.723. The predicted molar refractivity (Wildman–Crippen MR) is 93.9 cm³/mol. The van der Waals surface area contributed by atoms with Gasteiger partial charge in [-0.05, 0) is 38.1 Å². The number of thiazole rings is 1. The number of nitrogens with zero attached hydrogens (tertiary/aromatic N) is 3. The number of benzene rings is 1. The van der Waals surface area contributed by atoms with Crippen molar-refractivity contribution in [3.05, 3.63) is 65.4 Å². The van der Waals surface area contributed by atoms with E-state index in [9.17, 15) is 4.79 Å². The molecule has 0 aliphatic rings. The molecule has 4 nitrogen and oxygen atoms in total. The van der Waals surface area contributed by atoms with Gasteiger partial charge in [-0.25, -0.2) is 4.98 Å². The first-order valence-electron chi connectivity index (χ1n) is 7.45. The summed E-state index contributed by atoms with van der Waals surface area (Å²) in [7, 11) is 0. The highest BCUT2D eigenvalue weighted by atomic mass is 32.1. The van der Waals surface area contributed by atoms with Gasteiger partial charge in [0.1, 0.15) is 9.88 Å². The molecule has 0 aliphatic carbocycles. The zero-order chi connectivity index (χ0) is 16.2. The average Bonchev–Trinajstić information content (AvgIpc) is 2.99. The lowest BCUT2D eigenvalue weighted by atomic mass is 10.2. The van der Waals surface area contributed by atoms with Crippen molar-refractivity contribution in [3.63, 3.8) is 0 Å². The summed E-state index contributed by atoms with van der Waals surface area (Å²) in [5.41, 5.74) is 2.59. The van der Waals surface area contributed by atoms with E-state index in [2.05, 4.69) is 9.97 Å². The van der Waals surface area contributed by atoms with Gasteiger partial charge in [-0.15, -0.1) is 11.3 Å². The highest BCUT2D eigenvalue weighted by Crippen LogP contribution is 2.29. The molecule has 116 valence electrons. The van der Waals surface area contributed by atoms with E-state index < -0.39 is 0 Å². The Balaban J connectivity index is 1.95. The third-order valence-corrected chi connectivity index (χ3v) is 4.72. The van der Waals surface area contributed by atoms with E-state index >= 15 is 0 Å². The van der Waals surface area contributed by atoms with E-state index in [0.717, 1.165) is 22.0 Å². The van der Waals surface area contributed by atoms with Crippen LogP contribution in [-0.2, 0) is 0 Å². The third kappa shape index (κ3) is 3.14. The largest absolute Gasteiger partial charge is 0.308 e. The number of carbonyl (C=O) groups excluding carboxylic acids is 1. The molecule has 3 rings (SSSR count). The van der Waals surface area contributed by atoms with E-state index in [-0.39, 0.29) is 5.91 Å². The Labute approximate surface area is 139 Å². The predicted octanol–water partition coefficient (Wildman–Crippen LogP) is 4.18. The molecule has 5 heteroatoms. The van der Waals surface area contributed by atoms with Crippen molar-refractivity contribution in [3.8, 4) is 10.6 Å². The molecule has 23 heavy (non-hydrogen) atoms. The monoisotopic (exact) mass is 323 g/mol. The molecule has 0 bridgehead atoms. The van der Waals surface area contributed by atoms with E-state index in [1.165, 1.54) is 11.3 Å². The summed E-state index contributed by atoms with van der Waals surface area (Å²) in [5, 5.41) is 0.822. The van der Waals surface area contributed by atoms with Gasteiger partial charge in [0.25, 0.3) is 5.91 Å². The van der Waals surface area contributed by atoms with Crippen LogP contribution in [0.25, 0.3) is 10.6 Å². The van der Waals surface area contributed by atoms with Gasteiger partial charge in [-0.2, -0.15) is 0 Å². The van der Waals surface area contributed by atoms with E-state index in [0.29, 0.717) is 11.4 Å². The second kappa shape index (κ2) is 6.71. The van der Waals surface area contributed by atoms with Crippen LogP contribution < -0.4 is 4.90 Å². The summed E-state index contributed by atoms with van der Waals surface area (Å²) in [4.78, 5) is 24.0. The molecule has 0 saturated heterocycles. The lowest BCUT2D eigenvalue weighted by molar-refractivity contribution is 0.0991. The van der Waals surface area contributed by atoms with Gasteiger partial charge in [-0.1, -0.05) is 18.2 Å². The van der Waals surface area contributed by atoms with Gasteiger partial charge in [0.15, 0.2) is 0 Å². The van der Waals surface area contributed by atoms with Crippen LogP contribution in [0.3, 0.4) is 0 Å². The second-order valence-corrected chi connectivity index (χ2v) is 6.06. The molecule has 0 N–H and O–H groups in total. The summed E-state index contributed by atoms with van der Waals surface area (Å²) in [6.07, 6.45) is 3.49. The first kappa shape index (κ1) is 15.4. The average molecular weight is 323 g/mol. The maximum Gasteiger partial charge on any atom is 0.270 e. The molecule has 2 aromatic heterocycles. The van der Waals surface area contributed by atoms with Crippen LogP contribution >= 0.6 is 11.3 Å². The van der Waals surface area contributed by atoms with Gasteiger partial charge < -0.3 is 4.90 Å². The van der Waals surface area contributed by atoms with Gasteiger partial charge in [0.05, 0.1) is 5.69 Å². The van der Waals surface area contributed by atoms with Crippen molar-refractivity contribution in [2.24, 2.45) is 0 Å². The summed E-state index contributed by atoms with van der Waals surface area (Å²) in [5.74, 6) is -0.0103. The molecule has 0 unspecified atom stereocenters. The lowest BCUT2D eigenvalue weighted by Gasteiger charge is -2.20. The number of pyridine rings is 1. The molecule has 0 saturated carbocycles. The van der Waals surface area contributed by atoms with Crippen LogP contribution in [0.5, 0.6) is 0 Å². The molecule has 0 spiro atoms. The van der Waals surface area contributed by atoms with Crippen molar-refractivity contribution in [2.45, 2.75) is 13.8 Å². The van der Waals surface area contributed by atoms with Gasteiger partial charge in [0.2, 0.25) is 0 Å². The number of hydrogen-bond donors (Lipinski definition) is 0. The van der Waals surface area contributed by atoms with E-state index in [1.54, 1.807) is 17.3 Å². The van der Waals surface area contributed by atoms with E-state index in [4.69, 9.17) is 0 Å². The number of hydrogen-bond acceptors (Lipinski definition) is 4. The first-order chi connectivity index (χ1) is 11.2. The highest BCUT2D eigenvalue weighted by molar-refractivity contribution is 7.17. The van der Waals surface area contributed by atoms with Crippen molar-refractivity contribution >= 4 is 22.9 Å². The first-order valence-corrected chi connectivity index (χ1v) is 8.27. The zero-order valence-corrected chi connectivity index (χ0v) is 13.9. The van der Waals surface area contributed by atoms with Crippen molar-refractivity contribution in [1.82, 2.24) is 9.97 Å². The Kier molecular flexibility index (Phi) is 4.48. The summed E-state index contributed by atoms with van der Waals surface area (Å²) >= 11 is 1.42. The lowest BCUT2D eigenvalue weighted by Crippen LogP contribution is -2.30. The number of carbonyl (C=O) groups is 1. The second-order valence-electron chi connectivity index (χ2n) is 5.06. The van der Waals surface area contributed by atoms with Crippen LogP contribution in [0, 0.1) is 6.92 Å². The van der Waals surface area contributed by atoms with Crippen LogP contribution in [0.2, 0.25) is 0 Å². The summed E-state index contributed by atoms with van der Waals surface area (Å²) < 4.78 is 0. The standard InChI is InChI=1S/C18H17N3OS/c1-3-21(15-9-5-4-6-10-15)18(22)16-13(2)20-17(23-16)14-8-7-11-19-12-14/h4-12H,3H2,1-2H3. The summed E-state index contributed by atoms with van der Waals surface area (Å²) in [6, 6.07) is 13.5. The molecule has 0 radical (unpaired) electrons. The van der Waals surface area contributed by atoms with Gasteiger partial charge in [0, 0.05) is 30.2 Å². The molecule has 0 fully saturated rings. The topological polar surface area (TPSA) is 46.1 Å². The number of amides is 1. The fraction of sp³-hybridized carbons (Fsp3) is 0.167. The third-order valence-electron chi connectivity index (χ3n) is 3.53. The Hall–Kier alpha value is -2.53. The van der Waals surface area contributed by atoms with Crippen molar-refractivity contribution in [2.75, 3.05) is 11.4 Å². The van der Waals surface area contributed by atoms with Gasteiger partial charge >= 0.3 is 0 Å². The number of para-hydroxylation sites is 1. The SMILES string of the molecule is CCN(C(=O)c1sc(-c2cccnc2)nc1C)c1ccccc1. The molecule has 1 amide bonds. The normalized spacial score (nSPS) is 10.5. The number of aryl methyl sites for hydroxylation is 1. The Morgan fingerprint density at radius 2 is 1.96 bits per heavy atom. The molecule has 0 atom stereocenters. The number of anilines is 1. The molecule has 2 heterocycles. The zero-order valence-electron chi connectivity index (χ0n) is 13.1. The molecular weight excluding hydrogens is 306 g/mol. The molecule has 1 aromatic carbocycles. The number of rotatable bonds is 4. The van der Waals surface area contributed by atoms with Crippen LogP contribution in [0.1, 0.15) is 22.3 Å². The van der Waals surface area contributed by atoms with Crippen LogP contribution in [0.15, 0.2) is 54.9 Å². The minimum Gasteiger partial charge on any atom is -0.308 e. The molecule has 0 aliphatic heterocycles. The Morgan fingerprint density at radius 3 is 2.61 bits per heavy atom. The van der Waals surface area contributed by atoms with E-state index in [1.807, 2.05) is 56.3 Å². The summed E-state index contributed by atoms with van der Waals surface area (Å²) in [6.45, 7) is 4.47. The van der Waals surface area contributed by atoms with Crippen molar-refractivity contribution in [1.29, 1.82) is 0 Å². The maximum atomic E-state index is 12.9. The maximum absolute atomic E-state index is 12.9.